The van der Waals surface area contributed by atoms with E-state index in [4.69, 9.17) is 9.84 Å². The van der Waals surface area contributed by atoms with Crippen molar-refractivity contribution in [2.24, 2.45) is 5.92 Å². The van der Waals surface area contributed by atoms with Crippen LogP contribution in [0.4, 0.5) is 0 Å². The monoisotopic (exact) mass is 278 g/mol. The molecule has 0 radical (unpaired) electrons. The fourth-order valence-corrected chi connectivity index (χ4v) is 4.28. The summed E-state index contributed by atoms with van der Waals surface area (Å²) in [7, 11) is -3.14. The van der Waals surface area contributed by atoms with Gasteiger partial charge >= 0.3 is 0 Å². The highest BCUT2D eigenvalue weighted by Crippen LogP contribution is 2.18. The van der Waals surface area contributed by atoms with Gasteiger partial charge in [0, 0.05) is 39.3 Å². The highest BCUT2D eigenvalue weighted by atomic mass is 32.2. The van der Waals surface area contributed by atoms with Gasteiger partial charge in [0.25, 0.3) is 0 Å². The molecule has 18 heavy (non-hydrogen) atoms. The largest absolute Gasteiger partial charge is 0.395 e. The first-order chi connectivity index (χ1) is 8.62. The molecule has 2 aliphatic rings. The Morgan fingerprint density at radius 1 is 1.22 bits per heavy atom. The van der Waals surface area contributed by atoms with Gasteiger partial charge in [-0.3, -0.25) is 4.90 Å². The molecule has 0 aromatic carbocycles. The molecule has 2 heterocycles. The number of hydrogen-bond acceptors (Lipinski definition) is 5. The van der Waals surface area contributed by atoms with Crippen LogP contribution in [-0.2, 0) is 14.8 Å². The number of piperazine rings is 1. The lowest BCUT2D eigenvalue weighted by molar-refractivity contribution is 0.151. The van der Waals surface area contributed by atoms with Crippen LogP contribution < -0.4 is 0 Å². The predicted molar refractivity (Wildman–Crippen MR) is 67.8 cm³/mol. The molecule has 7 heteroatoms. The van der Waals surface area contributed by atoms with Gasteiger partial charge in [0.05, 0.1) is 19.0 Å². The molecule has 0 spiro atoms. The van der Waals surface area contributed by atoms with Gasteiger partial charge in [-0.1, -0.05) is 0 Å². The third-order valence-corrected chi connectivity index (χ3v) is 5.66. The Morgan fingerprint density at radius 2 is 1.94 bits per heavy atom. The van der Waals surface area contributed by atoms with Crippen molar-refractivity contribution in [1.29, 1.82) is 0 Å². The van der Waals surface area contributed by atoms with Gasteiger partial charge in [-0.2, -0.15) is 4.31 Å². The summed E-state index contributed by atoms with van der Waals surface area (Å²) in [4.78, 5) is 2.09. The first-order valence-corrected chi connectivity index (χ1v) is 8.11. The smallest absolute Gasteiger partial charge is 0.214 e. The quantitative estimate of drug-likeness (QED) is 0.696. The lowest BCUT2D eigenvalue weighted by Gasteiger charge is -2.34. The van der Waals surface area contributed by atoms with E-state index in [9.17, 15) is 8.42 Å². The zero-order valence-corrected chi connectivity index (χ0v) is 11.4. The summed E-state index contributed by atoms with van der Waals surface area (Å²) >= 11 is 0. The van der Waals surface area contributed by atoms with Gasteiger partial charge in [0.2, 0.25) is 10.0 Å². The van der Waals surface area contributed by atoms with Crippen molar-refractivity contribution in [3.8, 4) is 0 Å². The van der Waals surface area contributed by atoms with Crippen LogP contribution in [0.1, 0.15) is 6.42 Å². The molecule has 1 N–H and O–H groups in total. The van der Waals surface area contributed by atoms with Crippen molar-refractivity contribution in [2.45, 2.75) is 6.42 Å². The molecule has 0 bridgehead atoms. The number of aliphatic hydroxyl groups excluding tert-OH is 1. The van der Waals surface area contributed by atoms with Crippen molar-refractivity contribution >= 4 is 10.0 Å². The third kappa shape index (κ3) is 3.64. The van der Waals surface area contributed by atoms with Crippen LogP contribution in [0.3, 0.4) is 0 Å². The molecule has 0 aliphatic carbocycles. The lowest BCUT2D eigenvalue weighted by Crippen LogP contribution is -2.50. The van der Waals surface area contributed by atoms with Gasteiger partial charge in [-0.15, -0.1) is 0 Å². The van der Waals surface area contributed by atoms with Gasteiger partial charge < -0.3 is 9.84 Å². The molecule has 106 valence electrons. The zero-order valence-electron chi connectivity index (χ0n) is 10.6. The minimum atomic E-state index is -3.14. The summed E-state index contributed by atoms with van der Waals surface area (Å²) in [6.45, 7) is 4.51. The number of ether oxygens (including phenoxy) is 1. The van der Waals surface area contributed by atoms with Gasteiger partial charge in [0.1, 0.15) is 0 Å². The number of sulfonamides is 1. The second kappa shape index (κ2) is 6.29. The molecule has 2 saturated heterocycles. The fourth-order valence-electron chi connectivity index (χ4n) is 2.49. The summed E-state index contributed by atoms with van der Waals surface area (Å²) in [5.41, 5.74) is 0. The number of β-amino-alcohol motifs (C(OH)–C–C–N with tert-alkyl or cyclic N) is 1. The number of aliphatic hydroxyl groups is 1. The van der Waals surface area contributed by atoms with Crippen molar-refractivity contribution in [1.82, 2.24) is 9.21 Å². The zero-order chi connectivity index (χ0) is 13.0. The molecule has 2 aliphatic heterocycles. The maximum atomic E-state index is 12.2. The molecule has 0 aromatic rings. The molecule has 2 rings (SSSR count). The van der Waals surface area contributed by atoms with Crippen molar-refractivity contribution < 1.29 is 18.3 Å². The minimum absolute atomic E-state index is 0.131. The van der Waals surface area contributed by atoms with E-state index in [0.29, 0.717) is 45.9 Å². The third-order valence-electron chi connectivity index (χ3n) is 3.61. The van der Waals surface area contributed by atoms with Crippen LogP contribution in [-0.4, -0.2) is 81.0 Å². The number of nitrogens with zero attached hydrogens (tertiary/aromatic N) is 2. The van der Waals surface area contributed by atoms with E-state index in [1.165, 1.54) is 0 Å². The second-order valence-corrected chi connectivity index (χ2v) is 6.99. The normalized spacial score (nSPS) is 27.7. The van der Waals surface area contributed by atoms with E-state index in [0.717, 1.165) is 6.42 Å². The van der Waals surface area contributed by atoms with Gasteiger partial charge in [-0.25, -0.2) is 8.42 Å². The Kier molecular flexibility index (Phi) is 4.97. The minimum Gasteiger partial charge on any atom is -0.395 e. The van der Waals surface area contributed by atoms with E-state index in [2.05, 4.69) is 4.90 Å². The summed E-state index contributed by atoms with van der Waals surface area (Å²) in [5, 5.41) is 8.85. The Bertz CT molecular complexity index is 346. The standard InChI is InChI=1S/C11H22N2O4S/c14-7-6-12-2-4-13(5-3-12)18(15,16)10-11-1-8-17-9-11/h11,14H,1-10H2/t11-/m1/s1. The van der Waals surface area contributed by atoms with E-state index >= 15 is 0 Å². The molecule has 0 saturated carbocycles. The highest BCUT2D eigenvalue weighted by Gasteiger charge is 2.30. The van der Waals surface area contributed by atoms with Crippen LogP contribution in [0.5, 0.6) is 0 Å². The molecule has 1 atom stereocenters. The predicted octanol–water partition coefficient (Wildman–Crippen LogP) is -1.04. The first kappa shape index (κ1) is 14.2. The Balaban J connectivity index is 1.83. The summed E-state index contributed by atoms with van der Waals surface area (Å²) in [5.74, 6) is 0.373. The van der Waals surface area contributed by atoms with Crippen molar-refractivity contribution in [3.63, 3.8) is 0 Å². The Hall–Kier alpha value is -0.210. The average molecular weight is 278 g/mol. The Morgan fingerprint density at radius 3 is 2.50 bits per heavy atom. The van der Waals surface area contributed by atoms with E-state index in [1.54, 1.807) is 4.31 Å². The van der Waals surface area contributed by atoms with Crippen molar-refractivity contribution in [2.75, 3.05) is 58.3 Å². The second-order valence-electron chi connectivity index (χ2n) is 4.97. The molecule has 0 aromatic heterocycles. The van der Waals surface area contributed by atoms with Crippen LogP contribution in [0, 0.1) is 5.92 Å². The highest BCUT2D eigenvalue weighted by molar-refractivity contribution is 7.89. The van der Waals surface area contributed by atoms with E-state index < -0.39 is 10.0 Å². The maximum absolute atomic E-state index is 12.2. The topological polar surface area (TPSA) is 70.1 Å². The lowest BCUT2D eigenvalue weighted by atomic mass is 10.2. The SMILES string of the molecule is O=S(=O)(C[C@@H]1CCOC1)N1CCN(CCO)CC1. The maximum Gasteiger partial charge on any atom is 0.214 e. The fraction of sp³-hybridized carbons (Fsp3) is 1.00. The van der Waals surface area contributed by atoms with Crippen LogP contribution in [0.2, 0.25) is 0 Å². The summed E-state index contributed by atoms with van der Waals surface area (Å²) in [6, 6.07) is 0. The summed E-state index contributed by atoms with van der Waals surface area (Å²) < 4.78 is 31.2. The van der Waals surface area contributed by atoms with Gasteiger partial charge in [-0.05, 0) is 12.3 Å². The summed E-state index contributed by atoms with van der Waals surface area (Å²) in [6.07, 6.45) is 0.851. The first-order valence-electron chi connectivity index (χ1n) is 6.50. The number of hydrogen-bond donors (Lipinski definition) is 1. The Labute approximate surface area is 109 Å². The molecule has 0 unspecified atom stereocenters. The average Bonchev–Trinajstić information content (AvgIpc) is 2.82. The van der Waals surface area contributed by atoms with Crippen LogP contribution >= 0.6 is 0 Å². The molecular weight excluding hydrogens is 256 g/mol. The molecule has 0 amide bonds. The van der Waals surface area contributed by atoms with Gasteiger partial charge in [0.15, 0.2) is 0 Å². The molecule has 6 nitrogen and oxygen atoms in total. The van der Waals surface area contributed by atoms with Crippen molar-refractivity contribution in [3.05, 3.63) is 0 Å². The molecular formula is C11H22N2O4S. The van der Waals surface area contributed by atoms with Crippen LogP contribution in [0.25, 0.3) is 0 Å². The van der Waals surface area contributed by atoms with E-state index in [1.807, 2.05) is 0 Å². The molecule has 2 fully saturated rings. The van der Waals surface area contributed by atoms with E-state index in [-0.39, 0.29) is 18.3 Å². The number of rotatable bonds is 5. The van der Waals surface area contributed by atoms with Crippen LogP contribution in [0.15, 0.2) is 0 Å².